The fourth-order valence-electron chi connectivity index (χ4n) is 2.09. The fourth-order valence-corrected chi connectivity index (χ4v) is 2.09. The quantitative estimate of drug-likeness (QED) is 0.722. The number of hydrogen-bond acceptors (Lipinski definition) is 2. The Morgan fingerprint density at radius 3 is 2.87 bits per heavy atom. The minimum Gasteiger partial charge on any atom is -0.354 e. The predicted octanol–water partition coefficient (Wildman–Crippen LogP) is 0.525. The highest BCUT2D eigenvalue weighted by Crippen LogP contribution is 2.29. The summed E-state index contributed by atoms with van der Waals surface area (Å²) in [6.07, 6.45) is 5.16. The number of amides is 2. The minimum atomic E-state index is -0.0190. The van der Waals surface area contributed by atoms with Gasteiger partial charge in [-0.05, 0) is 25.2 Å². The molecule has 1 saturated heterocycles. The molecule has 1 aliphatic carbocycles. The van der Waals surface area contributed by atoms with Crippen LogP contribution in [-0.2, 0) is 9.59 Å². The zero-order chi connectivity index (χ0) is 10.7. The highest BCUT2D eigenvalue weighted by atomic mass is 16.2. The molecular formula is C11H18N2O2. The first kappa shape index (κ1) is 10.5. The Kier molecular flexibility index (Phi) is 3.23. The van der Waals surface area contributed by atoms with Crippen LogP contribution < -0.4 is 5.32 Å². The van der Waals surface area contributed by atoms with Crippen molar-refractivity contribution in [1.29, 1.82) is 0 Å². The van der Waals surface area contributed by atoms with Crippen molar-refractivity contribution < 1.29 is 9.59 Å². The molecule has 4 nitrogen and oxygen atoms in total. The smallest absolute Gasteiger partial charge is 0.239 e. The first-order chi connectivity index (χ1) is 7.25. The number of carbonyl (C=O) groups is 2. The standard InChI is InChI=1S/C11H18N2O2/c14-10-8-13(6-2-5-12-10)11(15)7-9-3-1-4-9/h9H,1-8H2,(H,12,14). The summed E-state index contributed by atoms with van der Waals surface area (Å²) in [4.78, 5) is 24.8. The molecular weight excluding hydrogens is 192 g/mol. The molecule has 2 fully saturated rings. The molecule has 0 aromatic heterocycles. The van der Waals surface area contributed by atoms with Crippen LogP contribution in [0, 0.1) is 5.92 Å². The molecule has 84 valence electrons. The third-order valence-electron chi connectivity index (χ3n) is 3.30. The minimum absolute atomic E-state index is 0.0190. The molecule has 0 radical (unpaired) electrons. The van der Waals surface area contributed by atoms with E-state index in [2.05, 4.69) is 5.32 Å². The van der Waals surface area contributed by atoms with Crippen molar-refractivity contribution in [3.05, 3.63) is 0 Å². The van der Waals surface area contributed by atoms with Gasteiger partial charge in [-0.25, -0.2) is 0 Å². The molecule has 0 aromatic rings. The molecule has 15 heavy (non-hydrogen) atoms. The summed E-state index contributed by atoms with van der Waals surface area (Å²) >= 11 is 0. The average molecular weight is 210 g/mol. The summed E-state index contributed by atoms with van der Waals surface area (Å²) in [7, 11) is 0. The molecule has 0 bridgehead atoms. The van der Waals surface area contributed by atoms with Crippen LogP contribution >= 0.6 is 0 Å². The maximum atomic E-state index is 11.8. The number of nitrogens with one attached hydrogen (secondary N) is 1. The van der Waals surface area contributed by atoms with Crippen molar-refractivity contribution >= 4 is 11.8 Å². The topological polar surface area (TPSA) is 49.4 Å². The highest BCUT2D eigenvalue weighted by molar-refractivity contribution is 5.85. The zero-order valence-electron chi connectivity index (χ0n) is 9.00. The summed E-state index contributed by atoms with van der Waals surface area (Å²) in [5.41, 5.74) is 0. The Morgan fingerprint density at radius 2 is 2.20 bits per heavy atom. The van der Waals surface area contributed by atoms with Gasteiger partial charge in [0.25, 0.3) is 0 Å². The lowest BCUT2D eigenvalue weighted by molar-refractivity contribution is -0.136. The van der Waals surface area contributed by atoms with Crippen LogP contribution in [0.3, 0.4) is 0 Å². The maximum Gasteiger partial charge on any atom is 0.239 e. The van der Waals surface area contributed by atoms with E-state index in [-0.39, 0.29) is 18.4 Å². The van der Waals surface area contributed by atoms with Crippen molar-refractivity contribution in [1.82, 2.24) is 10.2 Å². The van der Waals surface area contributed by atoms with Gasteiger partial charge in [0.15, 0.2) is 0 Å². The lowest BCUT2D eigenvalue weighted by Gasteiger charge is -2.27. The van der Waals surface area contributed by atoms with Gasteiger partial charge >= 0.3 is 0 Å². The Bertz CT molecular complexity index is 261. The van der Waals surface area contributed by atoms with E-state index in [0.717, 1.165) is 13.0 Å². The van der Waals surface area contributed by atoms with Gasteiger partial charge in [-0.15, -0.1) is 0 Å². The second-order valence-electron chi connectivity index (χ2n) is 4.52. The van der Waals surface area contributed by atoms with Gasteiger partial charge in [-0.1, -0.05) is 6.42 Å². The lowest BCUT2D eigenvalue weighted by atomic mass is 9.82. The van der Waals surface area contributed by atoms with Crippen LogP contribution in [0.1, 0.15) is 32.1 Å². The van der Waals surface area contributed by atoms with Crippen LogP contribution in [0.5, 0.6) is 0 Å². The fraction of sp³-hybridized carbons (Fsp3) is 0.818. The monoisotopic (exact) mass is 210 g/mol. The highest BCUT2D eigenvalue weighted by Gasteiger charge is 2.25. The van der Waals surface area contributed by atoms with Crippen LogP contribution in [0.2, 0.25) is 0 Å². The summed E-state index contributed by atoms with van der Waals surface area (Å²) < 4.78 is 0. The van der Waals surface area contributed by atoms with Gasteiger partial charge in [0.2, 0.25) is 11.8 Å². The van der Waals surface area contributed by atoms with Gasteiger partial charge in [0, 0.05) is 19.5 Å². The third-order valence-corrected chi connectivity index (χ3v) is 3.30. The number of nitrogens with zero attached hydrogens (tertiary/aromatic N) is 1. The van der Waals surface area contributed by atoms with Crippen LogP contribution in [0.15, 0.2) is 0 Å². The van der Waals surface area contributed by atoms with Gasteiger partial charge in [-0.2, -0.15) is 0 Å². The van der Waals surface area contributed by atoms with E-state index in [4.69, 9.17) is 0 Å². The normalized spacial score (nSPS) is 22.9. The van der Waals surface area contributed by atoms with Gasteiger partial charge in [0.05, 0.1) is 6.54 Å². The summed E-state index contributed by atoms with van der Waals surface area (Å²) in [5, 5.41) is 2.78. The maximum absolute atomic E-state index is 11.8. The molecule has 0 unspecified atom stereocenters. The molecule has 1 saturated carbocycles. The Morgan fingerprint density at radius 1 is 1.40 bits per heavy atom. The molecule has 2 aliphatic rings. The van der Waals surface area contributed by atoms with E-state index < -0.39 is 0 Å². The van der Waals surface area contributed by atoms with Crippen molar-refractivity contribution in [2.24, 2.45) is 5.92 Å². The van der Waals surface area contributed by atoms with Gasteiger partial charge in [-0.3, -0.25) is 9.59 Å². The van der Waals surface area contributed by atoms with E-state index in [9.17, 15) is 9.59 Å². The number of carbonyl (C=O) groups excluding carboxylic acids is 2. The average Bonchev–Trinajstić information content (AvgIpc) is 2.36. The second kappa shape index (κ2) is 4.64. The molecule has 4 heteroatoms. The van der Waals surface area contributed by atoms with E-state index in [0.29, 0.717) is 18.9 Å². The third kappa shape index (κ3) is 2.70. The molecule has 1 N–H and O–H groups in total. The van der Waals surface area contributed by atoms with E-state index >= 15 is 0 Å². The van der Waals surface area contributed by atoms with Crippen molar-refractivity contribution in [3.63, 3.8) is 0 Å². The molecule has 0 atom stereocenters. The lowest BCUT2D eigenvalue weighted by Crippen LogP contribution is -2.38. The van der Waals surface area contributed by atoms with Crippen molar-refractivity contribution in [2.75, 3.05) is 19.6 Å². The molecule has 1 heterocycles. The van der Waals surface area contributed by atoms with Crippen molar-refractivity contribution in [2.45, 2.75) is 32.1 Å². The van der Waals surface area contributed by atoms with Crippen LogP contribution in [-0.4, -0.2) is 36.3 Å². The van der Waals surface area contributed by atoms with Crippen molar-refractivity contribution in [3.8, 4) is 0 Å². The number of hydrogen-bond donors (Lipinski definition) is 1. The Labute approximate surface area is 90.0 Å². The first-order valence-electron chi connectivity index (χ1n) is 5.80. The van der Waals surface area contributed by atoms with E-state index in [1.165, 1.54) is 19.3 Å². The summed E-state index contributed by atoms with van der Waals surface area (Å²) in [6.45, 7) is 1.68. The van der Waals surface area contributed by atoms with Crippen LogP contribution in [0.25, 0.3) is 0 Å². The SMILES string of the molecule is O=C1CN(C(=O)CC2CCC2)CCCN1. The Balaban J connectivity index is 1.83. The largest absolute Gasteiger partial charge is 0.354 e. The molecule has 0 spiro atoms. The van der Waals surface area contributed by atoms with Gasteiger partial charge in [0.1, 0.15) is 0 Å². The molecule has 0 aromatic carbocycles. The van der Waals surface area contributed by atoms with E-state index in [1.807, 2.05) is 0 Å². The van der Waals surface area contributed by atoms with Crippen LogP contribution in [0.4, 0.5) is 0 Å². The van der Waals surface area contributed by atoms with E-state index in [1.54, 1.807) is 4.90 Å². The second-order valence-corrected chi connectivity index (χ2v) is 4.52. The summed E-state index contributed by atoms with van der Waals surface area (Å²) in [5.74, 6) is 0.732. The molecule has 2 amide bonds. The Hall–Kier alpha value is -1.06. The summed E-state index contributed by atoms with van der Waals surface area (Å²) in [6, 6.07) is 0. The number of rotatable bonds is 2. The first-order valence-corrected chi connectivity index (χ1v) is 5.80. The van der Waals surface area contributed by atoms with Gasteiger partial charge < -0.3 is 10.2 Å². The molecule has 1 aliphatic heterocycles. The zero-order valence-corrected chi connectivity index (χ0v) is 9.00. The molecule has 2 rings (SSSR count). The predicted molar refractivity (Wildman–Crippen MR) is 56.2 cm³/mol.